The molecule has 0 amide bonds. The number of ether oxygens (including phenoxy) is 1. The molecule has 0 saturated carbocycles. The fourth-order valence-electron chi connectivity index (χ4n) is 1.66. The normalized spacial score (nSPS) is 23.8. The van der Waals surface area contributed by atoms with E-state index in [-0.39, 0.29) is 5.54 Å². The Morgan fingerprint density at radius 3 is 2.31 bits per heavy atom. The lowest BCUT2D eigenvalue weighted by Crippen LogP contribution is -2.46. The van der Waals surface area contributed by atoms with E-state index in [1.165, 1.54) is 0 Å². The summed E-state index contributed by atoms with van der Waals surface area (Å²) in [5.41, 5.74) is -0.629. The van der Waals surface area contributed by atoms with Gasteiger partial charge in [0.1, 0.15) is 5.76 Å². The lowest BCUT2D eigenvalue weighted by atomic mass is 10.1. The predicted molar refractivity (Wildman–Crippen MR) is 48.5 cm³/mol. The highest BCUT2D eigenvalue weighted by molar-refractivity contribution is 5.59. The van der Waals surface area contributed by atoms with E-state index in [0.717, 1.165) is 0 Å². The van der Waals surface area contributed by atoms with E-state index in [0.29, 0.717) is 5.76 Å². The highest BCUT2D eigenvalue weighted by Gasteiger charge is 2.39. The molecular formula is C9H15NO3. The van der Waals surface area contributed by atoms with Crippen molar-refractivity contribution in [3.63, 3.8) is 0 Å². The van der Waals surface area contributed by atoms with Crippen LogP contribution in [0.15, 0.2) is 11.8 Å². The SMILES string of the molecule is CC1(C)C=C(OC(=O)O)C(C)(C)N1. The number of hydrogen-bond donors (Lipinski definition) is 2. The van der Waals surface area contributed by atoms with Crippen molar-refractivity contribution in [3.05, 3.63) is 11.8 Å². The summed E-state index contributed by atoms with van der Waals surface area (Å²) < 4.78 is 4.68. The number of nitrogens with one attached hydrogen (secondary N) is 1. The molecule has 1 aliphatic rings. The van der Waals surface area contributed by atoms with Crippen LogP contribution in [0.2, 0.25) is 0 Å². The highest BCUT2D eigenvalue weighted by atomic mass is 16.7. The van der Waals surface area contributed by atoms with Crippen LogP contribution in [-0.2, 0) is 4.74 Å². The molecule has 4 heteroatoms. The van der Waals surface area contributed by atoms with Crippen molar-refractivity contribution < 1.29 is 14.6 Å². The summed E-state index contributed by atoms with van der Waals surface area (Å²) in [5, 5.41) is 11.7. The van der Waals surface area contributed by atoms with Crippen molar-refractivity contribution in [1.29, 1.82) is 0 Å². The van der Waals surface area contributed by atoms with Crippen molar-refractivity contribution >= 4 is 6.16 Å². The van der Waals surface area contributed by atoms with E-state index < -0.39 is 11.7 Å². The summed E-state index contributed by atoms with van der Waals surface area (Å²) in [5.74, 6) is 0.463. The molecular weight excluding hydrogens is 170 g/mol. The molecule has 13 heavy (non-hydrogen) atoms. The summed E-state index contributed by atoms with van der Waals surface area (Å²) in [4.78, 5) is 10.4. The van der Waals surface area contributed by atoms with Gasteiger partial charge in [-0.15, -0.1) is 0 Å². The van der Waals surface area contributed by atoms with Gasteiger partial charge in [0.15, 0.2) is 0 Å². The van der Waals surface area contributed by atoms with Gasteiger partial charge in [0.05, 0.1) is 5.54 Å². The van der Waals surface area contributed by atoms with E-state index in [1.54, 1.807) is 6.08 Å². The Hall–Kier alpha value is -1.03. The summed E-state index contributed by atoms with van der Waals surface area (Å²) in [6.07, 6.45) is 0.528. The Morgan fingerprint density at radius 1 is 1.46 bits per heavy atom. The molecule has 0 fully saturated rings. The number of carbonyl (C=O) groups is 1. The van der Waals surface area contributed by atoms with Gasteiger partial charge in [0.2, 0.25) is 0 Å². The zero-order chi connectivity index (χ0) is 10.3. The van der Waals surface area contributed by atoms with E-state index in [1.807, 2.05) is 27.7 Å². The molecule has 4 nitrogen and oxygen atoms in total. The van der Waals surface area contributed by atoms with Crippen molar-refractivity contribution in [1.82, 2.24) is 5.32 Å². The molecule has 2 N–H and O–H groups in total. The molecule has 0 bridgehead atoms. The van der Waals surface area contributed by atoms with Crippen LogP contribution in [0.3, 0.4) is 0 Å². The second-order valence-corrected chi connectivity index (χ2v) is 4.35. The minimum atomic E-state index is -1.26. The first-order chi connectivity index (χ1) is 5.73. The molecule has 0 unspecified atom stereocenters. The average Bonchev–Trinajstić information content (AvgIpc) is 1.98. The zero-order valence-electron chi connectivity index (χ0n) is 8.34. The van der Waals surface area contributed by atoms with Crippen molar-refractivity contribution in [3.8, 4) is 0 Å². The van der Waals surface area contributed by atoms with Crippen LogP contribution in [-0.4, -0.2) is 22.3 Å². The topological polar surface area (TPSA) is 58.6 Å². The first-order valence-electron chi connectivity index (χ1n) is 4.16. The minimum Gasteiger partial charge on any atom is -0.449 e. The molecule has 74 valence electrons. The van der Waals surface area contributed by atoms with Crippen LogP contribution < -0.4 is 5.32 Å². The van der Waals surface area contributed by atoms with Crippen LogP contribution in [0.1, 0.15) is 27.7 Å². The summed E-state index contributed by atoms with van der Waals surface area (Å²) in [6.45, 7) is 7.70. The summed E-state index contributed by atoms with van der Waals surface area (Å²) in [7, 11) is 0. The molecule has 0 aliphatic carbocycles. The van der Waals surface area contributed by atoms with E-state index >= 15 is 0 Å². The quantitative estimate of drug-likeness (QED) is 0.611. The van der Waals surface area contributed by atoms with Gasteiger partial charge >= 0.3 is 6.16 Å². The maximum Gasteiger partial charge on any atom is 0.511 e. The third kappa shape index (κ3) is 2.21. The minimum absolute atomic E-state index is 0.214. The van der Waals surface area contributed by atoms with Crippen LogP contribution in [0, 0.1) is 0 Å². The maximum atomic E-state index is 10.4. The van der Waals surface area contributed by atoms with Crippen LogP contribution >= 0.6 is 0 Å². The largest absolute Gasteiger partial charge is 0.511 e. The van der Waals surface area contributed by atoms with Gasteiger partial charge in [-0.3, -0.25) is 5.32 Å². The van der Waals surface area contributed by atoms with Gasteiger partial charge in [-0.05, 0) is 33.8 Å². The Balaban J connectivity index is 2.87. The van der Waals surface area contributed by atoms with Gasteiger partial charge in [-0.2, -0.15) is 0 Å². The van der Waals surface area contributed by atoms with E-state index in [4.69, 9.17) is 5.11 Å². The fourth-order valence-corrected chi connectivity index (χ4v) is 1.66. The Kier molecular flexibility index (Phi) is 2.11. The van der Waals surface area contributed by atoms with Crippen molar-refractivity contribution in [2.24, 2.45) is 0 Å². The van der Waals surface area contributed by atoms with Crippen molar-refractivity contribution in [2.45, 2.75) is 38.8 Å². The molecule has 1 heterocycles. The summed E-state index contributed by atoms with van der Waals surface area (Å²) in [6, 6.07) is 0. The highest BCUT2D eigenvalue weighted by Crippen LogP contribution is 2.30. The van der Waals surface area contributed by atoms with Crippen LogP contribution in [0.4, 0.5) is 4.79 Å². The number of rotatable bonds is 1. The standard InChI is InChI=1S/C9H15NO3/c1-8(2)5-6(13-7(11)12)9(3,4)10-8/h5,10H,1-4H3,(H,11,12). The van der Waals surface area contributed by atoms with Gasteiger partial charge in [0.25, 0.3) is 0 Å². The van der Waals surface area contributed by atoms with Crippen molar-refractivity contribution in [2.75, 3.05) is 0 Å². The average molecular weight is 185 g/mol. The number of carboxylic acid groups (broad SMARTS) is 1. The lowest BCUT2D eigenvalue weighted by molar-refractivity contribution is 0.107. The number of hydrogen-bond acceptors (Lipinski definition) is 3. The zero-order valence-corrected chi connectivity index (χ0v) is 8.34. The molecule has 0 aromatic carbocycles. The smallest absolute Gasteiger partial charge is 0.449 e. The van der Waals surface area contributed by atoms with Gasteiger partial charge in [-0.25, -0.2) is 4.79 Å². The predicted octanol–water partition coefficient (Wildman–Crippen LogP) is 1.73. The lowest BCUT2D eigenvalue weighted by Gasteiger charge is -2.26. The molecule has 1 aliphatic heterocycles. The molecule has 0 saturated heterocycles. The first kappa shape index (κ1) is 10.1. The third-order valence-corrected chi connectivity index (χ3v) is 1.94. The van der Waals surface area contributed by atoms with Gasteiger partial charge in [-0.1, -0.05) is 0 Å². The summed E-state index contributed by atoms with van der Waals surface area (Å²) >= 11 is 0. The van der Waals surface area contributed by atoms with E-state index in [9.17, 15) is 4.79 Å². The second kappa shape index (κ2) is 2.73. The van der Waals surface area contributed by atoms with Gasteiger partial charge < -0.3 is 9.84 Å². The first-order valence-corrected chi connectivity index (χ1v) is 4.16. The molecule has 0 radical (unpaired) electrons. The fraction of sp³-hybridized carbons (Fsp3) is 0.667. The molecule has 0 aromatic heterocycles. The Bertz CT molecular complexity index is 266. The van der Waals surface area contributed by atoms with Gasteiger partial charge in [0, 0.05) is 5.54 Å². The maximum absolute atomic E-state index is 10.4. The van der Waals surface area contributed by atoms with E-state index in [2.05, 4.69) is 10.1 Å². The van der Waals surface area contributed by atoms with Crippen LogP contribution in [0.25, 0.3) is 0 Å². The molecule has 1 rings (SSSR count). The molecule has 0 aromatic rings. The van der Waals surface area contributed by atoms with Crippen LogP contribution in [0.5, 0.6) is 0 Å². The Labute approximate surface area is 77.6 Å². The second-order valence-electron chi connectivity index (χ2n) is 4.35. The molecule has 0 spiro atoms. The Morgan fingerprint density at radius 2 is 2.00 bits per heavy atom. The molecule has 0 atom stereocenters. The monoisotopic (exact) mass is 185 g/mol. The third-order valence-electron chi connectivity index (χ3n) is 1.94.